The number of carbonyl (C=O) groups excluding carboxylic acids is 1. The van der Waals surface area contributed by atoms with Crippen LogP contribution in [0.1, 0.15) is 29.2 Å². The van der Waals surface area contributed by atoms with Gasteiger partial charge < -0.3 is 4.74 Å². The minimum Gasteiger partial charge on any atom is -0.425 e. The summed E-state index contributed by atoms with van der Waals surface area (Å²) in [5.41, 5.74) is 2.75. The lowest BCUT2D eigenvalue weighted by Crippen LogP contribution is -2.41. The number of esters is 1. The summed E-state index contributed by atoms with van der Waals surface area (Å²) in [7, 11) is 0. The van der Waals surface area contributed by atoms with Crippen LogP contribution in [-0.4, -0.2) is 5.97 Å². The molecule has 2 nitrogen and oxygen atoms in total. The van der Waals surface area contributed by atoms with Crippen molar-refractivity contribution in [3.05, 3.63) is 138 Å². The minimum atomic E-state index is -1.08. The summed E-state index contributed by atoms with van der Waals surface area (Å²) in [5, 5.41) is 0. The molecule has 0 N–H and O–H groups in total. The smallest absolute Gasteiger partial charge is 0.331 e. The Morgan fingerprint density at radius 1 is 0.633 bits per heavy atom. The number of ether oxygens (including phenoxy) is 1. The van der Waals surface area contributed by atoms with Crippen LogP contribution in [0, 0.1) is 0 Å². The maximum Gasteiger partial charge on any atom is 0.331 e. The second-order valence-electron chi connectivity index (χ2n) is 7.24. The van der Waals surface area contributed by atoms with E-state index in [0.717, 1.165) is 23.1 Å². The lowest BCUT2D eigenvalue weighted by atomic mass is 9.69. The lowest BCUT2D eigenvalue weighted by Gasteiger charge is -2.33. The van der Waals surface area contributed by atoms with Gasteiger partial charge in [-0.3, -0.25) is 0 Å². The molecule has 0 saturated carbocycles. The average Bonchev–Trinajstić information content (AvgIpc) is 2.82. The van der Waals surface area contributed by atoms with Crippen molar-refractivity contribution in [2.24, 2.45) is 0 Å². The van der Waals surface area contributed by atoms with Crippen molar-refractivity contribution in [1.82, 2.24) is 0 Å². The Morgan fingerprint density at radius 3 is 1.40 bits per heavy atom. The maximum atomic E-state index is 14.0. The van der Waals surface area contributed by atoms with Crippen molar-refractivity contribution in [2.45, 2.75) is 18.8 Å². The summed E-state index contributed by atoms with van der Waals surface area (Å²) in [6, 6.07) is 37.3. The van der Waals surface area contributed by atoms with E-state index in [-0.39, 0.29) is 5.97 Å². The highest BCUT2D eigenvalue weighted by atomic mass is 16.5. The zero-order chi connectivity index (χ0) is 20.8. The molecule has 0 radical (unpaired) electrons. The summed E-state index contributed by atoms with van der Waals surface area (Å²) in [6.45, 7) is 2.10. The molecule has 0 aromatic heterocycles. The first-order chi connectivity index (χ1) is 14.7. The molecule has 0 amide bonds. The van der Waals surface area contributed by atoms with E-state index < -0.39 is 5.41 Å². The van der Waals surface area contributed by atoms with Crippen molar-refractivity contribution in [1.29, 1.82) is 0 Å². The van der Waals surface area contributed by atoms with Crippen molar-refractivity contribution >= 4 is 5.97 Å². The Morgan fingerprint density at radius 2 is 1.03 bits per heavy atom. The van der Waals surface area contributed by atoms with Crippen molar-refractivity contribution in [2.75, 3.05) is 0 Å². The van der Waals surface area contributed by atoms with Crippen LogP contribution in [0.2, 0.25) is 0 Å². The number of benzene rings is 4. The van der Waals surface area contributed by atoms with Gasteiger partial charge >= 0.3 is 5.97 Å². The van der Waals surface area contributed by atoms with E-state index in [9.17, 15) is 4.79 Å². The molecule has 0 heterocycles. The molecule has 0 unspecified atom stereocenters. The molecular formula is C28H24O2. The molecule has 4 aromatic rings. The zero-order valence-corrected chi connectivity index (χ0v) is 17.0. The van der Waals surface area contributed by atoms with Crippen LogP contribution >= 0.6 is 0 Å². The van der Waals surface area contributed by atoms with Crippen LogP contribution in [0.5, 0.6) is 5.75 Å². The monoisotopic (exact) mass is 392 g/mol. The van der Waals surface area contributed by atoms with Gasteiger partial charge in [0.1, 0.15) is 11.2 Å². The topological polar surface area (TPSA) is 26.3 Å². The summed E-state index contributed by atoms with van der Waals surface area (Å²) < 4.78 is 6.00. The third-order valence-corrected chi connectivity index (χ3v) is 5.47. The lowest BCUT2D eigenvalue weighted by molar-refractivity contribution is -0.138. The molecule has 0 aliphatic rings. The predicted octanol–water partition coefficient (Wildman–Crippen LogP) is 6.19. The molecule has 0 fully saturated rings. The van der Waals surface area contributed by atoms with E-state index in [1.165, 1.54) is 5.56 Å². The Hall–Kier alpha value is -3.65. The van der Waals surface area contributed by atoms with E-state index in [0.29, 0.717) is 5.75 Å². The first-order valence-corrected chi connectivity index (χ1v) is 10.2. The van der Waals surface area contributed by atoms with Crippen LogP contribution in [0.25, 0.3) is 0 Å². The van der Waals surface area contributed by atoms with E-state index >= 15 is 0 Å². The number of rotatable bonds is 6. The third-order valence-electron chi connectivity index (χ3n) is 5.47. The zero-order valence-electron chi connectivity index (χ0n) is 17.0. The van der Waals surface area contributed by atoms with Crippen LogP contribution < -0.4 is 4.74 Å². The summed E-state index contributed by atoms with van der Waals surface area (Å²) in [5.74, 6) is 0.222. The molecule has 0 saturated heterocycles. The molecule has 4 rings (SSSR count). The van der Waals surface area contributed by atoms with Crippen LogP contribution in [0.15, 0.2) is 115 Å². The highest BCUT2D eigenvalue weighted by molar-refractivity contribution is 5.93. The van der Waals surface area contributed by atoms with E-state index in [1.54, 1.807) is 0 Å². The fraction of sp³-hybridized carbons (Fsp3) is 0.107. The molecule has 0 bridgehead atoms. The molecule has 4 aromatic carbocycles. The van der Waals surface area contributed by atoms with E-state index in [4.69, 9.17) is 4.74 Å². The fourth-order valence-corrected chi connectivity index (χ4v) is 3.89. The van der Waals surface area contributed by atoms with Crippen LogP contribution in [0.3, 0.4) is 0 Å². The van der Waals surface area contributed by atoms with Gasteiger partial charge in [-0.25, -0.2) is 4.79 Å². The Labute approximate surface area is 177 Å². The van der Waals surface area contributed by atoms with Gasteiger partial charge in [-0.2, -0.15) is 0 Å². The molecule has 0 spiro atoms. The number of aryl methyl sites for hydroxylation is 1. The Kier molecular flexibility index (Phi) is 5.76. The molecule has 30 heavy (non-hydrogen) atoms. The van der Waals surface area contributed by atoms with Gasteiger partial charge in [-0.15, -0.1) is 0 Å². The van der Waals surface area contributed by atoms with Gasteiger partial charge in [0.05, 0.1) is 0 Å². The first-order valence-electron chi connectivity index (χ1n) is 10.2. The third kappa shape index (κ3) is 3.65. The van der Waals surface area contributed by atoms with Gasteiger partial charge in [0.25, 0.3) is 0 Å². The average molecular weight is 392 g/mol. The highest BCUT2D eigenvalue weighted by Gasteiger charge is 2.45. The number of hydrogen-bond acceptors (Lipinski definition) is 2. The molecular weight excluding hydrogens is 368 g/mol. The first kappa shape index (κ1) is 19.7. The van der Waals surface area contributed by atoms with Gasteiger partial charge in [-0.05, 0) is 40.8 Å². The van der Waals surface area contributed by atoms with Crippen molar-refractivity contribution < 1.29 is 9.53 Å². The summed E-state index contributed by atoms with van der Waals surface area (Å²) in [6.07, 6.45) is 0.941. The maximum absolute atomic E-state index is 14.0. The quantitative estimate of drug-likeness (QED) is 0.222. The minimum absolute atomic E-state index is 0.324. The SMILES string of the molecule is CCc1ccc(OC(=O)C(c2ccccc2)(c2ccccc2)c2ccccc2)cc1. The van der Waals surface area contributed by atoms with Crippen molar-refractivity contribution in [3.8, 4) is 5.75 Å². The number of hydrogen-bond donors (Lipinski definition) is 0. The normalized spacial score (nSPS) is 11.1. The molecule has 0 aliphatic heterocycles. The summed E-state index contributed by atoms with van der Waals surface area (Å²) in [4.78, 5) is 14.0. The van der Waals surface area contributed by atoms with Gasteiger partial charge in [0.2, 0.25) is 0 Å². The van der Waals surface area contributed by atoms with Gasteiger partial charge in [0, 0.05) is 0 Å². The Balaban J connectivity index is 1.91. The van der Waals surface area contributed by atoms with Crippen LogP contribution in [-0.2, 0) is 16.6 Å². The highest BCUT2D eigenvalue weighted by Crippen LogP contribution is 2.40. The van der Waals surface area contributed by atoms with Crippen molar-refractivity contribution in [3.63, 3.8) is 0 Å². The van der Waals surface area contributed by atoms with Gasteiger partial charge in [-0.1, -0.05) is 110 Å². The second-order valence-corrected chi connectivity index (χ2v) is 7.24. The molecule has 2 heteroatoms. The predicted molar refractivity (Wildman–Crippen MR) is 121 cm³/mol. The molecule has 0 atom stereocenters. The fourth-order valence-electron chi connectivity index (χ4n) is 3.89. The van der Waals surface area contributed by atoms with Gasteiger partial charge in [0.15, 0.2) is 0 Å². The largest absolute Gasteiger partial charge is 0.425 e. The second kappa shape index (κ2) is 8.79. The molecule has 148 valence electrons. The van der Waals surface area contributed by atoms with E-state index in [1.807, 2.05) is 115 Å². The Bertz CT molecular complexity index is 989. The van der Waals surface area contributed by atoms with Crippen LogP contribution in [0.4, 0.5) is 0 Å². The van der Waals surface area contributed by atoms with E-state index in [2.05, 4.69) is 6.92 Å². The number of carbonyl (C=O) groups is 1. The standard InChI is InChI=1S/C28H24O2/c1-2-22-18-20-26(21-19-22)30-27(29)28(23-12-6-3-7-13-23,24-14-8-4-9-15-24)25-16-10-5-11-17-25/h3-21H,2H2,1H3. The molecule has 0 aliphatic carbocycles. The summed E-state index contributed by atoms with van der Waals surface area (Å²) >= 11 is 0.